The first-order valence-corrected chi connectivity index (χ1v) is 10.9. The van der Waals surface area contributed by atoms with Gasteiger partial charge in [0.05, 0.1) is 11.8 Å². The highest BCUT2D eigenvalue weighted by Gasteiger charge is 2.68. The maximum Gasteiger partial charge on any atom is 0.244 e. The van der Waals surface area contributed by atoms with Crippen LogP contribution in [0.4, 0.5) is 0 Å². The molecule has 3 aliphatic heterocycles. The molecule has 0 aliphatic carbocycles. The van der Waals surface area contributed by atoms with Crippen LogP contribution in [-0.2, 0) is 20.9 Å². The van der Waals surface area contributed by atoms with Crippen LogP contribution in [0.2, 0.25) is 0 Å². The van der Waals surface area contributed by atoms with Gasteiger partial charge in [0.25, 0.3) is 0 Å². The van der Waals surface area contributed by atoms with Crippen LogP contribution in [0.25, 0.3) is 0 Å². The van der Waals surface area contributed by atoms with E-state index >= 15 is 0 Å². The minimum Gasteiger partial charge on any atom is -0.337 e. The molecule has 3 saturated heterocycles. The van der Waals surface area contributed by atoms with Gasteiger partial charge in [0, 0.05) is 26.2 Å². The molecule has 2 aromatic rings. The maximum atomic E-state index is 13.9. The molecule has 0 unspecified atom stereocenters. The maximum absolute atomic E-state index is 13.9. The van der Waals surface area contributed by atoms with E-state index < -0.39 is 17.4 Å². The number of likely N-dealkylation sites (tertiary alicyclic amines) is 2. The van der Waals surface area contributed by atoms with Crippen molar-refractivity contribution in [1.82, 2.24) is 15.1 Å². The minimum absolute atomic E-state index is 0.0655. The fourth-order valence-electron chi connectivity index (χ4n) is 5.62. The highest BCUT2D eigenvalue weighted by molar-refractivity contribution is 6.10. The van der Waals surface area contributed by atoms with E-state index in [2.05, 4.69) is 5.32 Å². The third-order valence-electron chi connectivity index (χ3n) is 7.20. The van der Waals surface area contributed by atoms with E-state index in [1.165, 1.54) is 17.5 Å². The summed E-state index contributed by atoms with van der Waals surface area (Å²) >= 11 is 0. The van der Waals surface area contributed by atoms with Gasteiger partial charge in [-0.3, -0.25) is 24.6 Å². The van der Waals surface area contributed by atoms with Crippen molar-refractivity contribution in [3.63, 3.8) is 0 Å². The Hall–Kier alpha value is -2.99. The Morgan fingerprint density at radius 3 is 2.42 bits per heavy atom. The van der Waals surface area contributed by atoms with Crippen LogP contribution in [0, 0.1) is 18.8 Å². The average Bonchev–Trinajstić information content (AvgIpc) is 3.23. The van der Waals surface area contributed by atoms with Crippen LogP contribution >= 0.6 is 0 Å². The standard InChI is InChI=1S/C25H27N3O3/c1-16-9-11-17(12-10-16)15-28-14-6-13-25(24(28)31)20-19(22(29)27(2)23(20)30)21(26-25)18-7-4-3-5-8-18/h3-5,7-12,19-21,26H,6,13-15H2,1-2H3/t19-,20-,21-,25-/m1/s1. The second kappa shape index (κ2) is 7.31. The molecule has 5 rings (SSSR count). The van der Waals surface area contributed by atoms with Crippen molar-refractivity contribution in [2.75, 3.05) is 13.6 Å². The van der Waals surface area contributed by atoms with Crippen molar-refractivity contribution < 1.29 is 14.4 Å². The molecule has 31 heavy (non-hydrogen) atoms. The van der Waals surface area contributed by atoms with Crippen molar-refractivity contribution in [3.8, 4) is 0 Å². The summed E-state index contributed by atoms with van der Waals surface area (Å²) in [7, 11) is 1.54. The molecule has 3 aliphatic rings. The fourth-order valence-corrected chi connectivity index (χ4v) is 5.62. The lowest BCUT2D eigenvalue weighted by Crippen LogP contribution is -2.63. The number of fused-ring (bicyclic) bond motifs is 2. The van der Waals surface area contributed by atoms with Gasteiger partial charge in [-0.15, -0.1) is 0 Å². The first-order chi connectivity index (χ1) is 14.9. The lowest BCUT2D eigenvalue weighted by atomic mass is 9.74. The molecule has 1 spiro atoms. The quantitative estimate of drug-likeness (QED) is 0.779. The molecule has 4 atom stereocenters. The first kappa shape index (κ1) is 19.9. The molecule has 0 radical (unpaired) electrons. The number of carbonyl (C=O) groups is 3. The summed E-state index contributed by atoms with van der Waals surface area (Å²) in [4.78, 5) is 43.2. The molecule has 3 fully saturated rings. The van der Waals surface area contributed by atoms with Gasteiger partial charge < -0.3 is 4.90 Å². The smallest absolute Gasteiger partial charge is 0.244 e. The summed E-state index contributed by atoms with van der Waals surface area (Å²) in [6.07, 6.45) is 1.36. The number of benzene rings is 2. The monoisotopic (exact) mass is 417 g/mol. The molecule has 2 aromatic carbocycles. The highest BCUT2D eigenvalue weighted by Crippen LogP contribution is 2.51. The number of hydrogen-bond donors (Lipinski definition) is 1. The van der Waals surface area contributed by atoms with E-state index in [0.29, 0.717) is 19.5 Å². The number of rotatable bonds is 3. The first-order valence-electron chi connectivity index (χ1n) is 10.9. The van der Waals surface area contributed by atoms with Crippen molar-refractivity contribution in [1.29, 1.82) is 0 Å². The predicted octanol–water partition coefficient (Wildman–Crippen LogP) is 2.43. The van der Waals surface area contributed by atoms with E-state index in [1.807, 2.05) is 66.4 Å². The Bertz CT molecular complexity index is 1040. The highest BCUT2D eigenvalue weighted by atomic mass is 16.2. The van der Waals surface area contributed by atoms with Crippen molar-refractivity contribution in [2.24, 2.45) is 11.8 Å². The summed E-state index contributed by atoms with van der Waals surface area (Å²) in [5, 5.41) is 3.52. The molecule has 0 aromatic heterocycles. The summed E-state index contributed by atoms with van der Waals surface area (Å²) in [5.41, 5.74) is 2.14. The Labute approximate surface area is 182 Å². The Morgan fingerprint density at radius 1 is 1.00 bits per heavy atom. The van der Waals surface area contributed by atoms with Crippen molar-refractivity contribution >= 4 is 17.7 Å². The van der Waals surface area contributed by atoms with Crippen molar-refractivity contribution in [3.05, 3.63) is 71.3 Å². The Kier molecular flexibility index (Phi) is 4.70. The number of carbonyl (C=O) groups excluding carboxylic acids is 3. The number of aryl methyl sites for hydroxylation is 1. The zero-order valence-corrected chi connectivity index (χ0v) is 17.9. The Balaban J connectivity index is 1.52. The second-order valence-corrected chi connectivity index (χ2v) is 9.06. The van der Waals surface area contributed by atoms with E-state index in [0.717, 1.165) is 17.5 Å². The summed E-state index contributed by atoms with van der Waals surface area (Å²) in [5.74, 6) is -1.72. The van der Waals surface area contributed by atoms with E-state index in [9.17, 15) is 14.4 Å². The second-order valence-electron chi connectivity index (χ2n) is 9.06. The molecule has 1 N–H and O–H groups in total. The molecule has 3 heterocycles. The van der Waals surface area contributed by atoms with Gasteiger partial charge in [0.1, 0.15) is 5.54 Å². The molecule has 3 amide bonds. The van der Waals surface area contributed by atoms with Crippen LogP contribution in [0.1, 0.15) is 35.6 Å². The van der Waals surface area contributed by atoms with Crippen LogP contribution in [0.5, 0.6) is 0 Å². The van der Waals surface area contributed by atoms with Crippen LogP contribution in [-0.4, -0.2) is 46.7 Å². The Morgan fingerprint density at radius 2 is 1.71 bits per heavy atom. The lowest BCUT2D eigenvalue weighted by molar-refractivity contribution is -0.149. The molecule has 0 saturated carbocycles. The SMILES string of the molecule is Cc1ccc(CN2CCC[C@]3(N[C@H](c4ccccc4)[C@@H]4C(=O)N(C)C(=O)[C@@H]43)C2=O)cc1. The minimum atomic E-state index is -1.04. The predicted molar refractivity (Wildman–Crippen MR) is 116 cm³/mol. The number of hydrogen-bond acceptors (Lipinski definition) is 4. The van der Waals surface area contributed by atoms with Gasteiger partial charge in [0.2, 0.25) is 17.7 Å². The molecule has 6 heteroatoms. The number of imide groups is 1. The van der Waals surface area contributed by atoms with Crippen LogP contribution in [0.15, 0.2) is 54.6 Å². The summed E-state index contributed by atoms with van der Waals surface area (Å²) < 4.78 is 0. The van der Waals surface area contributed by atoms with E-state index in [4.69, 9.17) is 0 Å². The number of amides is 3. The molecule has 6 nitrogen and oxygen atoms in total. The number of piperidine rings is 1. The van der Waals surface area contributed by atoms with Gasteiger partial charge in [-0.1, -0.05) is 60.2 Å². The molecular weight excluding hydrogens is 390 g/mol. The summed E-state index contributed by atoms with van der Waals surface area (Å²) in [6, 6.07) is 17.5. The molecule has 160 valence electrons. The van der Waals surface area contributed by atoms with Gasteiger partial charge >= 0.3 is 0 Å². The third kappa shape index (κ3) is 3.00. The topological polar surface area (TPSA) is 69.7 Å². The number of nitrogens with one attached hydrogen (secondary N) is 1. The molecular formula is C25H27N3O3. The fraction of sp³-hybridized carbons (Fsp3) is 0.400. The lowest BCUT2D eigenvalue weighted by Gasteiger charge is -2.42. The van der Waals surface area contributed by atoms with Gasteiger partial charge in [-0.05, 0) is 30.9 Å². The number of nitrogens with zero attached hydrogens (tertiary/aromatic N) is 2. The van der Waals surface area contributed by atoms with Gasteiger partial charge in [-0.25, -0.2) is 0 Å². The zero-order valence-electron chi connectivity index (χ0n) is 17.9. The zero-order chi connectivity index (χ0) is 21.8. The van der Waals surface area contributed by atoms with Gasteiger partial charge in [0.15, 0.2) is 0 Å². The summed E-state index contributed by atoms with van der Waals surface area (Å²) in [6.45, 7) is 3.20. The van der Waals surface area contributed by atoms with Crippen LogP contribution in [0.3, 0.4) is 0 Å². The van der Waals surface area contributed by atoms with Crippen LogP contribution < -0.4 is 5.32 Å². The largest absolute Gasteiger partial charge is 0.337 e. The third-order valence-corrected chi connectivity index (χ3v) is 7.20. The molecule has 0 bridgehead atoms. The van der Waals surface area contributed by atoms with Crippen molar-refractivity contribution in [2.45, 2.75) is 37.9 Å². The normalized spacial score (nSPS) is 30.4. The van der Waals surface area contributed by atoms with E-state index in [-0.39, 0.29) is 23.8 Å². The average molecular weight is 418 g/mol. The van der Waals surface area contributed by atoms with Gasteiger partial charge in [-0.2, -0.15) is 0 Å². The van der Waals surface area contributed by atoms with E-state index in [1.54, 1.807) is 0 Å².